The zero-order valence-electron chi connectivity index (χ0n) is 47.7. The summed E-state index contributed by atoms with van der Waals surface area (Å²) < 4.78 is 27.6. The molecule has 20 heteroatoms. The molecule has 0 spiro atoms. The summed E-state index contributed by atoms with van der Waals surface area (Å²) in [5, 5.41) is 81.2. The van der Waals surface area contributed by atoms with Crippen LogP contribution in [0.1, 0.15) is 41.4 Å². The number of carboxylic acids is 4. The van der Waals surface area contributed by atoms with Crippen LogP contribution < -0.4 is 18.9 Å². The van der Waals surface area contributed by atoms with Crippen molar-refractivity contribution in [3.05, 3.63) is 265 Å². The largest absolute Gasteiger partial charge is 0.477 e. The summed E-state index contributed by atoms with van der Waals surface area (Å²) in [6.07, 6.45) is 0. The highest BCUT2D eigenvalue weighted by molar-refractivity contribution is 6.38. The first-order chi connectivity index (χ1) is 44.9. The zero-order chi connectivity index (χ0) is 63.2. The van der Waals surface area contributed by atoms with Gasteiger partial charge in [0.05, 0.1) is 22.7 Å². The number of benzene rings is 13. The molecule has 0 fully saturated rings. The van der Waals surface area contributed by atoms with Crippen LogP contribution in [0.2, 0.25) is 0 Å². The van der Waals surface area contributed by atoms with Crippen LogP contribution in [0.15, 0.2) is 284 Å². The van der Waals surface area contributed by atoms with Crippen LogP contribution in [0.5, 0.6) is 46.0 Å². The topological polar surface area (TPSA) is 285 Å². The Balaban J connectivity index is 1.11. The Labute approximate surface area is 520 Å². The molecule has 13 aromatic rings. The number of carbonyl (C=O) groups is 4. The van der Waals surface area contributed by atoms with Gasteiger partial charge in [-0.25, -0.2) is 19.2 Å². The quantitative estimate of drug-likeness (QED) is 0.0315. The van der Waals surface area contributed by atoms with Crippen LogP contribution in [0.25, 0.3) is 43.1 Å². The molecular weight excluding hydrogens is 1170 g/mol. The maximum Gasteiger partial charge on any atom is 0.341 e. The highest BCUT2D eigenvalue weighted by Gasteiger charge is 2.30. The Hall–Kier alpha value is -13.4. The Kier molecular flexibility index (Phi) is 15.8. The van der Waals surface area contributed by atoms with Crippen LogP contribution in [0.3, 0.4) is 0 Å². The molecule has 0 amide bonds. The summed E-state index contributed by atoms with van der Waals surface area (Å²) in [6, 6.07) is 66.3. The smallest absolute Gasteiger partial charge is 0.341 e. The molecule has 0 aliphatic carbocycles. The maximum atomic E-state index is 13.5. The molecule has 0 radical (unpaired) electrons. The van der Waals surface area contributed by atoms with Gasteiger partial charge in [-0.15, -0.1) is 20.5 Å². The van der Waals surface area contributed by atoms with Gasteiger partial charge in [0.2, 0.25) is 0 Å². The van der Waals surface area contributed by atoms with Crippen molar-refractivity contribution in [2.45, 2.75) is 0 Å². The fraction of sp³-hybridized carbons (Fsp3) is 0. The predicted octanol–water partition coefficient (Wildman–Crippen LogP) is 21.4. The van der Waals surface area contributed by atoms with E-state index in [1.54, 1.807) is 194 Å². The molecule has 92 heavy (non-hydrogen) atoms. The van der Waals surface area contributed by atoms with Crippen molar-refractivity contribution in [1.29, 1.82) is 0 Å². The van der Waals surface area contributed by atoms with E-state index >= 15 is 0 Å². The third kappa shape index (κ3) is 11.6. The molecule has 0 bridgehead atoms. The number of aromatic carboxylic acids is 4. The van der Waals surface area contributed by atoms with Gasteiger partial charge in [-0.2, -0.15) is 20.5 Å². The number of ether oxygens (including phenoxy) is 4. The average Bonchev–Trinajstić information content (AvgIpc) is 0.699. The first-order valence-electron chi connectivity index (χ1n) is 28.2. The zero-order valence-corrected chi connectivity index (χ0v) is 47.7. The lowest BCUT2D eigenvalue weighted by Crippen LogP contribution is -2.03. The summed E-state index contributed by atoms with van der Waals surface area (Å²) in [6.45, 7) is 0. The molecule has 4 N–H and O–H groups in total. The molecule has 0 saturated carbocycles. The molecule has 0 atom stereocenters. The number of fused-ring (bicyclic) bond motifs is 2. The Morgan fingerprint density at radius 2 is 0.435 bits per heavy atom. The van der Waals surface area contributed by atoms with Crippen molar-refractivity contribution in [3.8, 4) is 46.0 Å². The summed E-state index contributed by atoms with van der Waals surface area (Å²) in [5.41, 5.74) is 0.252. The standard InChI is InChI=1S/C72H44N8O12/c81-69(82)61-47(77-73-43-17-5-1-6-18-43)25-13-29-51(61)89-55-37-33-41-34-39-57(91-53-31-15-27-49(63(53)71(85)86)79-75-45-21-9-3-10-22-45)67-59(41)65(55)66-56(90-52-30-14-26-48(62(52)70(83)84)78-74-44-19-7-2-8-20-44)38-35-42-36-40-58(68(67)60(42)66)92-54-32-16-28-50(64(54)72(87)88)80-76-46-23-11-4-12-24-46/h1-40H,(H,81,82)(H,83,84)(H,85,86)(H,87,88). The number of azo groups is 4. The van der Waals surface area contributed by atoms with Gasteiger partial charge in [-0.3, -0.25) is 0 Å². The second-order valence-electron chi connectivity index (χ2n) is 20.3. The highest BCUT2D eigenvalue weighted by atomic mass is 16.5. The third-order valence-electron chi connectivity index (χ3n) is 14.6. The van der Waals surface area contributed by atoms with Crippen LogP contribution in [-0.2, 0) is 0 Å². The van der Waals surface area contributed by atoms with E-state index in [9.17, 15) is 39.6 Å². The minimum Gasteiger partial charge on any atom is -0.477 e. The van der Waals surface area contributed by atoms with Crippen LogP contribution in [0.4, 0.5) is 45.5 Å². The van der Waals surface area contributed by atoms with Gasteiger partial charge in [0.15, 0.2) is 0 Å². The normalized spacial score (nSPS) is 11.7. The third-order valence-corrected chi connectivity index (χ3v) is 14.6. The van der Waals surface area contributed by atoms with Crippen molar-refractivity contribution in [3.63, 3.8) is 0 Å². The number of carboxylic acid groups (broad SMARTS) is 4. The molecule has 444 valence electrons. The second kappa shape index (κ2) is 25.2. The molecule has 0 aliphatic heterocycles. The van der Waals surface area contributed by atoms with E-state index in [-0.39, 0.29) is 113 Å². The second-order valence-corrected chi connectivity index (χ2v) is 20.3. The lowest BCUT2D eigenvalue weighted by molar-refractivity contribution is 0.0683. The van der Waals surface area contributed by atoms with Crippen molar-refractivity contribution < 1.29 is 58.6 Å². The molecule has 13 rings (SSSR count). The minimum atomic E-state index is -1.40. The number of rotatable bonds is 20. The monoisotopic (exact) mass is 1210 g/mol. The summed E-state index contributed by atoms with van der Waals surface area (Å²) >= 11 is 0. The molecular formula is C72H44N8O12. The van der Waals surface area contributed by atoms with Crippen LogP contribution >= 0.6 is 0 Å². The van der Waals surface area contributed by atoms with Crippen LogP contribution in [-0.4, -0.2) is 44.3 Å². The molecule has 0 aromatic heterocycles. The van der Waals surface area contributed by atoms with Crippen molar-refractivity contribution in [2.75, 3.05) is 0 Å². The van der Waals surface area contributed by atoms with E-state index in [1.807, 2.05) is 0 Å². The van der Waals surface area contributed by atoms with Gasteiger partial charge in [-0.05, 0) is 132 Å². The van der Waals surface area contributed by atoms with E-state index in [0.717, 1.165) is 0 Å². The van der Waals surface area contributed by atoms with Crippen molar-refractivity contribution in [2.24, 2.45) is 40.9 Å². The van der Waals surface area contributed by atoms with Crippen molar-refractivity contribution >= 4 is 112 Å². The van der Waals surface area contributed by atoms with E-state index in [0.29, 0.717) is 44.3 Å². The van der Waals surface area contributed by atoms with Crippen LogP contribution in [0, 0.1) is 0 Å². The lowest BCUT2D eigenvalue weighted by Gasteiger charge is -2.23. The summed E-state index contributed by atoms with van der Waals surface area (Å²) in [4.78, 5) is 54.0. The van der Waals surface area contributed by atoms with E-state index < -0.39 is 23.9 Å². The first kappa shape index (κ1) is 57.7. The molecule has 0 saturated heterocycles. The maximum absolute atomic E-state index is 13.5. The SMILES string of the molecule is O=C(O)c1c(N=Nc2ccccc2)cccc1Oc1ccc2ccc(Oc3cccc(N=Nc4ccccc4)c3C(=O)O)c3c4c(Oc5cccc(N=Nc6ccccc6)c5C(=O)O)ccc5ccc(Oc6cccc(N=Nc7ccccc7)c6C(=O)O)c(c1c23)c54. The molecule has 0 aliphatic rings. The summed E-state index contributed by atoms with van der Waals surface area (Å²) in [7, 11) is 0. The molecule has 20 nitrogen and oxygen atoms in total. The first-order valence-corrected chi connectivity index (χ1v) is 28.2. The predicted molar refractivity (Wildman–Crippen MR) is 344 cm³/mol. The van der Waals surface area contributed by atoms with E-state index in [2.05, 4.69) is 40.9 Å². The number of nitrogens with zero attached hydrogens (tertiary/aromatic N) is 8. The Bertz CT molecular complexity index is 4550. The summed E-state index contributed by atoms with van der Waals surface area (Å²) in [5.74, 6) is -6.10. The Morgan fingerprint density at radius 3 is 0.641 bits per heavy atom. The fourth-order valence-corrected chi connectivity index (χ4v) is 10.6. The van der Waals surface area contributed by atoms with Gasteiger partial charge in [0.25, 0.3) is 0 Å². The molecule has 13 aromatic carbocycles. The van der Waals surface area contributed by atoms with Gasteiger partial charge in [-0.1, -0.05) is 121 Å². The minimum absolute atomic E-state index is 0.0351. The van der Waals surface area contributed by atoms with Crippen molar-refractivity contribution in [1.82, 2.24) is 0 Å². The van der Waals surface area contributed by atoms with Gasteiger partial charge >= 0.3 is 23.9 Å². The fourth-order valence-electron chi connectivity index (χ4n) is 10.6. The molecule has 0 heterocycles. The lowest BCUT2D eigenvalue weighted by atomic mass is 9.88. The highest BCUT2D eigenvalue weighted by Crippen LogP contribution is 2.55. The van der Waals surface area contributed by atoms with E-state index in [4.69, 9.17) is 18.9 Å². The number of hydrogen-bond donors (Lipinski definition) is 4. The molecule has 0 unspecified atom stereocenters. The Morgan fingerprint density at radius 1 is 0.217 bits per heavy atom. The van der Waals surface area contributed by atoms with Gasteiger partial charge in [0.1, 0.15) is 91.0 Å². The van der Waals surface area contributed by atoms with Gasteiger partial charge in [0, 0.05) is 32.3 Å². The average molecular weight is 1210 g/mol. The van der Waals surface area contributed by atoms with Gasteiger partial charge < -0.3 is 39.4 Å². The number of hydrogen-bond acceptors (Lipinski definition) is 16. The van der Waals surface area contributed by atoms with E-state index in [1.165, 1.54) is 48.5 Å².